The number of nitrogens with one attached hydrogen (secondary N) is 2. The van der Waals surface area contributed by atoms with Crippen molar-refractivity contribution in [2.45, 2.75) is 33.7 Å². The molecule has 1 aromatic rings. The fourth-order valence-corrected chi connectivity index (χ4v) is 3.72. The molecule has 0 radical (unpaired) electrons. The molecular formula is C15H24ClN3O3S. The van der Waals surface area contributed by atoms with Crippen molar-refractivity contribution in [3.8, 4) is 0 Å². The normalized spacial score (nSPS) is 11.4. The Morgan fingerprint density at radius 2 is 1.91 bits per heavy atom. The predicted octanol–water partition coefficient (Wildman–Crippen LogP) is 2.43. The maximum atomic E-state index is 12.1. The van der Waals surface area contributed by atoms with Crippen LogP contribution in [0.1, 0.15) is 25.0 Å². The molecule has 8 heteroatoms. The molecule has 0 saturated carbocycles. The van der Waals surface area contributed by atoms with Gasteiger partial charge in [0.05, 0.1) is 23.5 Å². The van der Waals surface area contributed by atoms with Crippen LogP contribution in [0, 0.1) is 13.8 Å². The fraction of sp³-hybridized carbons (Fsp3) is 0.533. The average molecular weight is 362 g/mol. The predicted molar refractivity (Wildman–Crippen MR) is 94.8 cm³/mol. The van der Waals surface area contributed by atoms with Crippen LogP contribution in [0.15, 0.2) is 12.1 Å². The highest BCUT2D eigenvalue weighted by Gasteiger charge is 2.22. The van der Waals surface area contributed by atoms with Gasteiger partial charge in [-0.2, -0.15) is 0 Å². The number of hydrogen-bond acceptors (Lipinski definition) is 3. The van der Waals surface area contributed by atoms with Crippen LogP contribution in [0.5, 0.6) is 0 Å². The zero-order valence-electron chi connectivity index (χ0n) is 14.1. The van der Waals surface area contributed by atoms with E-state index in [0.29, 0.717) is 10.7 Å². The third kappa shape index (κ3) is 5.91. The Bertz CT molecular complexity index is 652. The minimum absolute atomic E-state index is 0.00907. The van der Waals surface area contributed by atoms with Crippen molar-refractivity contribution in [2.75, 3.05) is 23.7 Å². The lowest BCUT2D eigenvalue weighted by Gasteiger charge is -2.25. The van der Waals surface area contributed by atoms with Gasteiger partial charge >= 0.3 is 6.03 Å². The van der Waals surface area contributed by atoms with Gasteiger partial charge in [-0.15, -0.1) is 0 Å². The van der Waals surface area contributed by atoms with Gasteiger partial charge in [-0.25, -0.2) is 13.2 Å². The lowest BCUT2D eigenvalue weighted by atomic mass is 10.1. The van der Waals surface area contributed by atoms with E-state index >= 15 is 0 Å². The number of anilines is 1. The van der Waals surface area contributed by atoms with Crippen LogP contribution in [0.2, 0.25) is 5.02 Å². The second-order valence-electron chi connectivity index (χ2n) is 5.80. The standard InChI is InChI=1S/C15H24ClN3O3S/c1-10(2)18-15(20)17-6-7-19(23(5,21)22)14-12(4)8-11(3)9-13(14)16/h8-10H,6-7H2,1-5H3,(H2,17,18,20). The first-order valence-electron chi connectivity index (χ1n) is 7.31. The van der Waals surface area contributed by atoms with E-state index < -0.39 is 10.0 Å². The molecule has 23 heavy (non-hydrogen) atoms. The number of urea groups is 1. The molecule has 0 unspecified atom stereocenters. The van der Waals surface area contributed by atoms with Crippen LogP contribution in [-0.4, -0.2) is 39.8 Å². The molecule has 0 aliphatic carbocycles. The molecule has 0 heterocycles. The van der Waals surface area contributed by atoms with E-state index in [2.05, 4.69) is 10.6 Å². The van der Waals surface area contributed by atoms with Crippen LogP contribution in [0.4, 0.5) is 10.5 Å². The Morgan fingerprint density at radius 3 is 2.39 bits per heavy atom. The van der Waals surface area contributed by atoms with E-state index in [1.807, 2.05) is 33.8 Å². The molecular weight excluding hydrogens is 338 g/mol. The smallest absolute Gasteiger partial charge is 0.315 e. The highest BCUT2D eigenvalue weighted by atomic mass is 35.5. The fourth-order valence-electron chi connectivity index (χ4n) is 2.25. The van der Waals surface area contributed by atoms with Gasteiger partial charge in [-0.3, -0.25) is 4.31 Å². The first-order chi connectivity index (χ1) is 10.5. The molecule has 0 spiro atoms. The zero-order chi connectivity index (χ0) is 17.8. The highest BCUT2D eigenvalue weighted by molar-refractivity contribution is 7.92. The van der Waals surface area contributed by atoms with Crippen molar-refractivity contribution in [3.63, 3.8) is 0 Å². The number of hydrogen-bond donors (Lipinski definition) is 2. The molecule has 0 aliphatic heterocycles. The summed E-state index contributed by atoms with van der Waals surface area (Å²) in [6, 6.07) is 3.27. The number of rotatable bonds is 6. The number of benzene rings is 1. The van der Waals surface area contributed by atoms with Gasteiger partial charge in [0.25, 0.3) is 0 Å². The quantitative estimate of drug-likeness (QED) is 0.816. The molecule has 0 bridgehead atoms. The van der Waals surface area contributed by atoms with E-state index in [0.717, 1.165) is 17.4 Å². The summed E-state index contributed by atoms with van der Waals surface area (Å²) in [6.07, 6.45) is 1.12. The van der Waals surface area contributed by atoms with Gasteiger partial charge in [0.1, 0.15) is 0 Å². The summed E-state index contributed by atoms with van der Waals surface area (Å²) < 4.78 is 25.4. The molecule has 0 aliphatic rings. The molecule has 2 amide bonds. The Kier molecular flexibility index (Phi) is 6.70. The first-order valence-corrected chi connectivity index (χ1v) is 9.54. The molecule has 0 aromatic heterocycles. The second-order valence-corrected chi connectivity index (χ2v) is 8.12. The number of carbonyl (C=O) groups is 1. The molecule has 1 aromatic carbocycles. The van der Waals surface area contributed by atoms with Crippen LogP contribution < -0.4 is 14.9 Å². The number of halogens is 1. The zero-order valence-corrected chi connectivity index (χ0v) is 15.7. The van der Waals surface area contributed by atoms with Crippen molar-refractivity contribution in [3.05, 3.63) is 28.3 Å². The molecule has 130 valence electrons. The average Bonchev–Trinajstić information content (AvgIpc) is 2.33. The SMILES string of the molecule is Cc1cc(C)c(N(CCNC(=O)NC(C)C)S(C)(=O)=O)c(Cl)c1. The highest BCUT2D eigenvalue weighted by Crippen LogP contribution is 2.32. The minimum Gasteiger partial charge on any atom is -0.336 e. The Hall–Kier alpha value is -1.47. The monoisotopic (exact) mass is 361 g/mol. The lowest BCUT2D eigenvalue weighted by Crippen LogP contribution is -2.44. The van der Waals surface area contributed by atoms with Gasteiger partial charge in [-0.1, -0.05) is 17.7 Å². The van der Waals surface area contributed by atoms with Crippen LogP contribution >= 0.6 is 11.6 Å². The molecule has 1 rings (SSSR count). The maximum Gasteiger partial charge on any atom is 0.315 e. The first kappa shape index (κ1) is 19.6. The Morgan fingerprint density at radius 1 is 1.30 bits per heavy atom. The molecule has 2 N–H and O–H groups in total. The summed E-state index contributed by atoms with van der Waals surface area (Å²) in [5.74, 6) is 0. The van der Waals surface area contributed by atoms with Crippen LogP contribution in [0.3, 0.4) is 0 Å². The van der Waals surface area contributed by atoms with Gasteiger partial charge in [0.15, 0.2) is 0 Å². The van der Waals surface area contributed by atoms with Crippen molar-refractivity contribution >= 4 is 33.3 Å². The van der Waals surface area contributed by atoms with Gasteiger partial charge in [0, 0.05) is 12.6 Å². The molecule has 0 atom stereocenters. The van der Waals surface area contributed by atoms with Gasteiger partial charge < -0.3 is 10.6 Å². The van der Waals surface area contributed by atoms with Gasteiger partial charge in [0.2, 0.25) is 10.0 Å². The largest absolute Gasteiger partial charge is 0.336 e. The Labute approximate surface area is 143 Å². The number of sulfonamides is 1. The topological polar surface area (TPSA) is 78.5 Å². The molecule has 0 fully saturated rings. The number of nitrogens with zero attached hydrogens (tertiary/aromatic N) is 1. The molecule has 0 saturated heterocycles. The van der Waals surface area contributed by atoms with Crippen molar-refractivity contribution in [2.24, 2.45) is 0 Å². The maximum absolute atomic E-state index is 12.1. The number of amides is 2. The van der Waals surface area contributed by atoms with E-state index in [1.54, 1.807) is 6.07 Å². The molecule has 6 nitrogen and oxygen atoms in total. The van der Waals surface area contributed by atoms with Gasteiger partial charge in [-0.05, 0) is 44.9 Å². The second kappa shape index (κ2) is 7.88. The summed E-state index contributed by atoms with van der Waals surface area (Å²) in [7, 11) is -3.52. The summed E-state index contributed by atoms with van der Waals surface area (Å²) in [5, 5.41) is 5.69. The van der Waals surface area contributed by atoms with Crippen LogP contribution in [-0.2, 0) is 10.0 Å². The summed E-state index contributed by atoms with van der Waals surface area (Å²) >= 11 is 6.24. The van der Waals surface area contributed by atoms with E-state index in [9.17, 15) is 13.2 Å². The van der Waals surface area contributed by atoms with Crippen molar-refractivity contribution in [1.29, 1.82) is 0 Å². The summed E-state index contributed by atoms with van der Waals surface area (Å²) in [5.41, 5.74) is 2.18. The third-order valence-corrected chi connectivity index (χ3v) is 4.52. The lowest BCUT2D eigenvalue weighted by molar-refractivity contribution is 0.239. The minimum atomic E-state index is -3.52. The van der Waals surface area contributed by atoms with E-state index in [-0.39, 0.29) is 25.2 Å². The Balaban J connectivity index is 2.94. The van der Waals surface area contributed by atoms with E-state index in [4.69, 9.17) is 11.6 Å². The number of carbonyl (C=O) groups excluding carboxylic acids is 1. The summed E-state index contributed by atoms with van der Waals surface area (Å²) in [6.45, 7) is 7.68. The van der Waals surface area contributed by atoms with Crippen molar-refractivity contribution in [1.82, 2.24) is 10.6 Å². The summed E-state index contributed by atoms with van der Waals surface area (Å²) in [4.78, 5) is 11.6. The van der Waals surface area contributed by atoms with Crippen molar-refractivity contribution < 1.29 is 13.2 Å². The van der Waals surface area contributed by atoms with E-state index in [1.165, 1.54) is 4.31 Å². The number of aryl methyl sites for hydroxylation is 2. The third-order valence-electron chi connectivity index (χ3n) is 3.07. The van der Waals surface area contributed by atoms with Crippen LogP contribution in [0.25, 0.3) is 0 Å².